The van der Waals surface area contributed by atoms with Gasteiger partial charge in [0, 0.05) is 45.3 Å². The van der Waals surface area contributed by atoms with E-state index in [1.54, 1.807) is 4.90 Å². The summed E-state index contributed by atoms with van der Waals surface area (Å²) in [6.07, 6.45) is 0. The van der Waals surface area contributed by atoms with Crippen LogP contribution in [0.15, 0.2) is 18.2 Å². The van der Waals surface area contributed by atoms with Gasteiger partial charge < -0.3 is 9.80 Å². The number of hydrogen-bond donors (Lipinski definition) is 0. The number of nitrogens with zero attached hydrogens (tertiary/aromatic N) is 5. The zero-order valence-corrected chi connectivity index (χ0v) is 15.0. The van der Waals surface area contributed by atoms with E-state index in [1.165, 1.54) is 12.1 Å². The Labute approximate surface area is 151 Å². The predicted molar refractivity (Wildman–Crippen MR) is 96.3 cm³/mol. The Bertz CT molecular complexity index is 684. The van der Waals surface area contributed by atoms with Crippen LogP contribution in [-0.4, -0.2) is 71.4 Å². The summed E-state index contributed by atoms with van der Waals surface area (Å²) in [6, 6.07) is 3.69. The summed E-state index contributed by atoms with van der Waals surface area (Å²) >= 11 is 0. The van der Waals surface area contributed by atoms with E-state index in [0.717, 1.165) is 6.07 Å². The molecule has 10 heteroatoms. The molecule has 142 valence electrons. The normalized spacial score (nSPS) is 14.9. The largest absolute Gasteiger partial charge is 0.363 e. The highest BCUT2D eigenvalue weighted by atomic mass is 16.6. The third-order valence-electron chi connectivity index (χ3n) is 4.55. The van der Waals surface area contributed by atoms with E-state index in [4.69, 9.17) is 0 Å². The molecule has 0 unspecified atom stereocenters. The quantitative estimate of drug-likeness (QED) is 0.531. The molecule has 0 bridgehead atoms. The van der Waals surface area contributed by atoms with Crippen LogP contribution in [-0.2, 0) is 4.79 Å². The van der Waals surface area contributed by atoms with Crippen molar-refractivity contribution >= 4 is 23.0 Å². The van der Waals surface area contributed by atoms with Gasteiger partial charge in [0.25, 0.3) is 11.4 Å². The van der Waals surface area contributed by atoms with E-state index in [9.17, 15) is 25.0 Å². The van der Waals surface area contributed by atoms with Gasteiger partial charge in [-0.05, 0) is 19.9 Å². The number of likely N-dealkylation sites (N-methyl/N-ethyl adjacent to an activating group) is 1. The lowest BCUT2D eigenvalue weighted by molar-refractivity contribution is -0.393. The molecule has 26 heavy (non-hydrogen) atoms. The first kappa shape index (κ1) is 19.6. The average molecular weight is 365 g/mol. The van der Waals surface area contributed by atoms with Crippen LogP contribution < -0.4 is 4.90 Å². The fourth-order valence-electron chi connectivity index (χ4n) is 3.05. The average Bonchev–Trinajstić information content (AvgIpc) is 2.62. The van der Waals surface area contributed by atoms with Crippen LogP contribution in [0.5, 0.6) is 0 Å². The number of anilines is 1. The fourth-order valence-corrected chi connectivity index (χ4v) is 3.05. The van der Waals surface area contributed by atoms with Gasteiger partial charge in [-0.15, -0.1) is 0 Å². The predicted octanol–water partition coefficient (Wildman–Crippen LogP) is 1.49. The Morgan fingerprint density at radius 3 is 2.19 bits per heavy atom. The van der Waals surface area contributed by atoms with Crippen molar-refractivity contribution in [2.24, 2.45) is 0 Å². The van der Waals surface area contributed by atoms with Crippen molar-refractivity contribution < 1.29 is 14.6 Å². The minimum absolute atomic E-state index is 0.0739. The number of rotatable bonds is 7. The maximum atomic E-state index is 12.2. The monoisotopic (exact) mass is 365 g/mol. The van der Waals surface area contributed by atoms with E-state index in [2.05, 4.69) is 0 Å². The molecule has 1 fully saturated rings. The second-order valence-electron chi connectivity index (χ2n) is 6.02. The maximum absolute atomic E-state index is 12.2. The van der Waals surface area contributed by atoms with Crippen LogP contribution in [0.3, 0.4) is 0 Å². The van der Waals surface area contributed by atoms with Crippen LogP contribution in [0.1, 0.15) is 13.8 Å². The number of non-ortho nitro benzene ring substituents is 1. The van der Waals surface area contributed by atoms with Crippen molar-refractivity contribution in [2.75, 3.05) is 50.7 Å². The number of carbonyl (C=O) groups excluding carboxylic acids is 1. The molecule has 1 aromatic rings. The molecule has 0 atom stereocenters. The molecule has 1 saturated heterocycles. The van der Waals surface area contributed by atoms with E-state index < -0.39 is 9.85 Å². The van der Waals surface area contributed by atoms with Crippen molar-refractivity contribution in [1.82, 2.24) is 9.80 Å². The van der Waals surface area contributed by atoms with Crippen LogP contribution in [0.2, 0.25) is 0 Å². The standard InChI is InChI=1S/C16H23N5O5/c1-3-18(4-2)16(22)12-17-7-9-19(10-8-17)14-6-5-13(20(23)24)11-15(14)21(25)26/h5-6,11H,3-4,7-10,12H2,1-2H3. The van der Waals surface area contributed by atoms with Crippen molar-refractivity contribution in [3.05, 3.63) is 38.4 Å². The summed E-state index contributed by atoms with van der Waals surface area (Å²) in [6.45, 7) is 7.78. The molecule has 1 aliphatic rings. The maximum Gasteiger partial charge on any atom is 0.299 e. The summed E-state index contributed by atoms with van der Waals surface area (Å²) in [5.74, 6) is 0.0739. The smallest absolute Gasteiger partial charge is 0.299 e. The van der Waals surface area contributed by atoms with Crippen LogP contribution >= 0.6 is 0 Å². The lowest BCUT2D eigenvalue weighted by atomic mass is 10.2. The van der Waals surface area contributed by atoms with E-state index in [-0.39, 0.29) is 17.3 Å². The molecule has 1 aromatic carbocycles. The number of carbonyl (C=O) groups is 1. The minimum Gasteiger partial charge on any atom is -0.363 e. The molecule has 10 nitrogen and oxygen atoms in total. The first-order chi connectivity index (χ1) is 12.4. The van der Waals surface area contributed by atoms with Gasteiger partial charge in [-0.3, -0.25) is 29.9 Å². The molecule has 2 rings (SSSR count). The van der Waals surface area contributed by atoms with E-state index >= 15 is 0 Å². The third kappa shape index (κ3) is 4.45. The van der Waals surface area contributed by atoms with Gasteiger partial charge in [0.15, 0.2) is 0 Å². The number of hydrogen-bond acceptors (Lipinski definition) is 7. The molecule has 1 heterocycles. The van der Waals surface area contributed by atoms with Crippen LogP contribution in [0.4, 0.5) is 17.1 Å². The minimum atomic E-state index is -0.645. The van der Waals surface area contributed by atoms with Gasteiger partial charge in [-0.1, -0.05) is 0 Å². The topological polar surface area (TPSA) is 113 Å². The third-order valence-corrected chi connectivity index (χ3v) is 4.55. The zero-order valence-electron chi connectivity index (χ0n) is 15.0. The first-order valence-corrected chi connectivity index (χ1v) is 8.55. The molecule has 0 N–H and O–H groups in total. The zero-order chi connectivity index (χ0) is 19.3. The highest BCUT2D eigenvalue weighted by molar-refractivity contribution is 5.78. The Kier molecular flexibility index (Phi) is 6.45. The number of piperazine rings is 1. The molecule has 0 spiro atoms. The molecule has 0 radical (unpaired) electrons. The van der Waals surface area contributed by atoms with Gasteiger partial charge in [0.1, 0.15) is 5.69 Å². The second kappa shape index (κ2) is 8.56. The number of nitro benzene ring substituents is 2. The SMILES string of the molecule is CCN(CC)C(=O)CN1CCN(c2ccc([N+](=O)[O-])cc2[N+](=O)[O-])CC1. The first-order valence-electron chi connectivity index (χ1n) is 8.55. The van der Waals surface area contributed by atoms with Gasteiger partial charge in [-0.25, -0.2) is 0 Å². The lowest BCUT2D eigenvalue weighted by Gasteiger charge is -2.36. The van der Waals surface area contributed by atoms with Gasteiger partial charge >= 0.3 is 0 Å². The van der Waals surface area contributed by atoms with Crippen LogP contribution in [0, 0.1) is 20.2 Å². The number of amides is 1. The number of benzene rings is 1. The van der Waals surface area contributed by atoms with Gasteiger partial charge in [-0.2, -0.15) is 0 Å². The molecular weight excluding hydrogens is 342 g/mol. The Balaban J connectivity index is 2.05. The second-order valence-corrected chi connectivity index (χ2v) is 6.02. The summed E-state index contributed by atoms with van der Waals surface area (Å²) in [5, 5.41) is 22.1. The Morgan fingerprint density at radius 1 is 1.08 bits per heavy atom. The molecule has 0 aliphatic carbocycles. The van der Waals surface area contributed by atoms with Gasteiger partial charge in [0.05, 0.1) is 22.5 Å². The molecular formula is C16H23N5O5. The van der Waals surface area contributed by atoms with Crippen molar-refractivity contribution in [2.45, 2.75) is 13.8 Å². The highest BCUT2D eigenvalue weighted by Crippen LogP contribution is 2.32. The molecule has 0 saturated carbocycles. The Hall–Kier alpha value is -2.75. The number of nitro groups is 2. The highest BCUT2D eigenvalue weighted by Gasteiger charge is 2.27. The van der Waals surface area contributed by atoms with Crippen molar-refractivity contribution in [1.29, 1.82) is 0 Å². The summed E-state index contributed by atoms with van der Waals surface area (Å²) in [5.41, 5.74) is -0.203. The van der Waals surface area contributed by atoms with Crippen LogP contribution in [0.25, 0.3) is 0 Å². The summed E-state index contributed by atoms with van der Waals surface area (Å²) < 4.78 is 0. The summed E-state index contributed by atoms with van der Waals surface area (Å²) in [4.78, 5) is 38.7. The lowest BCUT2D eigenvalue weighted by Crippen LogP contribution is -2.50. The molecule has 1 aliphatic heterocycles. The van der Waals surface area contributed by atoms with Gasteiger partial charge in [0.2, 0.25) is 5.91 Å². The van der Waals surface area contributed by atoms with E-state index in [0.29, 0.717) is 51.5 Å². The molecule has 0 aromatic heterocycles. The van der Waals surface area contributed by atoms with E-state index in [1.807, 2.05) is 23.6 Å². The Morgan fingerprint density at radius 2 is 1.69 bits per heavy atom. The molecule has 1 amide bonds. The fraction of sp³-hybridized carbons (Fsp3) is 0.562. The van der Waals surface area contributed by atoms with Crippen molar-refractivity contribution in [3.8, 4) is 0 Å². The summed E-state index contributed by atoms with van der Waals surface area (Å²) in [7, 11) is 0. The van der Waals surface area contributed by atoms with Crippen molar-refractivity contribution in [3.63, 3.8) is 0 Å².